The number of rotatable bonds is 6. The maximum Gasteiger partial charge on any atom is 0.252 e. The molecule has 0 bridgehead atoms. The minimum atomic E-state index is -1.07. The Morgan fingerprint density at radius 3 is 2.65 bits per heavy atom. The molecule has 172 valence electrons. The van der Waals surface area contributed by atoms with Gasteiger partial charge < -0.3 is 10.6 Å². The van der Waals surface area contributed by atoms with Crippen LogP contribution in [0.25, 0.3) is 16.9 Å². The highest BCUT2D eigenvalue weighted by molar-refractivity contribution is 6.08. The normalized spacial score (nSPS) is 13.1. The van der Waals surface area contributed by atoms with Crippen LogP contribution in [-0.4, -0.2) is 38.1 Å². The molecule has 0 saturated heterocycles. The number of anilines is 1. The molecule has 0 radical (unpaired) electrons. The molecule has 1 saturated carbocycles. The lowest BCUT2D eigenvalue weighted by atomic mass is 10.1. The lowest BCUT2D eigenvalue weighted by molar-refractivity contribution is -0.115. The number of pyridine rings is 2. The second-order valence-corrected chi connectivity index (χ2v) is 8.11. The third kappa shape index (κ3) is 4.21. The van der Waals surface area contributed by atoms with E-state index in [1.165, 1.54) is 6.07 Å². The molecule has 1 aromatic carbocycles. The minimum Gasteiger partial charge on any atom is -0.343 e. The van der Waals surface area contributed by atoms with Gasteiger partial charge in [-0.25, -0.2) is 18.7 Å². The Balaban J connectivity index is 1.42. The molecule has 2 amide bonds. The number of hydrogen-bond donors (Lipinski definition) is 2. The van der Waals surface area contributed by atoms with Crippen molar-refractivity contribution < 1.29 is 18.4 Å². The Kier molecular flexibility index (Phi) is 5.48. The summed E-state index contributed by atoms with van der Waals surface area (Å²) < 4.78 is 28.1. The fourth-order valence-corrected chi connectivity index (χ4v) is 3.75. The van der Waals surface area contributed by atoms with Crippen molar-refractivity contribution in [3.05, 3.63) is 77.2 Å². The Morgan fingerprint density at radius 1 is 1.12 bits per heavy atom. The summed E-state index contributed by atoms with van der Waals surface area (Å²) in [4.78, 5) is 34.5. The first-order valence-electron chi connectivity index (χ1n) is 10.8. The number of nitrogens with zero attached hydrogens (tertiary/aromatic N) is 4. The van der Waals surface area contributed by atoms with E-state index in [9.17, 15) is 18.4 Å². The highest BCUT2D eigenvalue weighted by Gasteiger charge is 2.29. The molecule has 10 heteroatoms. The van der Waals surface area contributed by atoms with Crippen LogP contribution in [0.15, 0.2) is 48.7 Å². The van der Waals surface area contributed by atoms with Crippen LogP contribution in [0, 0.1) is 18.6 Å². The molecule has 5 rings (SSSR count). The topological polar surface area (TPSA) is 102 Å². The third-order valence-corrected chi connectivity index (χ3v) is 5.55. The summed E-state index contributed by atoms with van der Waals surface area (Å²) >= 11 is 0. The fourth-order valence-electron chi connectivity index (χ4n) is 3.75. The van der Waals surface area contributed by atoms with Crippen molar-refractivity contribution in [1.29, 1.82) is 0 Å². The second-order valence-electron chi connectivity index (χ2n) is 8.11. The smallest absolute Gasteiger partial charge is 0.252 e. The molecular weight excluding hydrogens is 442 g/mol. The summed E-state index contributed by atoms with van der Waals surface area (Å²) in [7, 11) is 0. The molecule has 4 aromatic rings. The molecule has 0 aliphatic heterocycles. The molecule has 34 heavy (non-hydrogen) atoms. The molecule has 1 fully saturated rings. The molecular formula is C24H20F2N6O2. The predicted octanol–water partition coefficient (Wildman–Crippen LogP) is 3.65. The van der Waals surface area contributed by atoms with Crippen molar-refractivity contribution >= 4 is 28.5 Å². The summed E-state index contributed by atoms with van der Waals surface area (Å²) in [6.07, 6.45) is 3.64. The average Bonchev–Trinajstić information content (AvgIpc) is 3.63. The van der Waals surface area contributed by atoms with Gasteiger partial charge in [-0.15, -0.1) is 0 Å². The molecule has 1 aliphatic carbocycles. The minimum absolute atomic E-state index is 0.0907. The standard InChI is InChI=1S/C24H20F2N6O2/c1-13-22-16(24(34)28-12-21(33)29-15-7-8-17(25)18(26)10-15)11-19(14-5-6-14)30-23(22)32(31-13)20-4-2-3-9-27-20/h2-4,7-11,14H,5-6,12H2,1H3,(H,28,34)(H,29,33). The van der Waals surface area contributed by atoms with Crippen LogP contribution in [0.5, 0.6) is 0 Å². The number of aromatic nitrogens is 4. The van der Waals surface area contributed by atoms with E-state index in [0.29, 0.717) is 28.1 Å². The zero-order valence-corrected chi connectivity index (χ0v) is 18.2. The summed E-state index contributed by atoms with van der Waals surface area (Å²) in [5, 5.41) is 10.2. The van der Waals surface area contributed by atoms with Crippen molar-refractivity contribution in [2.45, 2.75) is 25.7 Å². The number of benzene rings is 1. The number of amides is 2. The van der Waals surface area contributed by atoms with Gasteiger partial charge in [0.15, 0.2) is 23.1 Å². The van der Waals surface area contributed by atoms with E-state index in [-0.39, 0.29) is 18.2 Å². The number of carbonyl (C=O) groups excluding carboxylic acids is 2. The molecule has 0 atom stereocenters. The number of fused-ring (bicyclic) bond motifs is 1. The lowest BCUT2D eigenvalue weighted by Crippen LogP contribution is -2.33. The van der Waals surface area contributed by atoms with Gasteiger partial charge in [0.2, 0.25) is 5.91 Å². The monoisotopic (exact) mass is 462 g/mol. The number of aryl methyl sites for hydroxylation is 1. The van der Waals surface area contributed by atoms with E-state index in [0.717, 1.165) is 30.7 Å². The van der Waals surface area contributed by atoms with Gasteiger partial charge in [-0.3, -0.25) is 9.59 Å². The molecule has 8 nitrogen and oxygen atoms in total. The van der Waals surface area contributed by atoms with Crippen LogP contribution in [0.1, 0.15) is 40.5 Å². The van der Waals surface area contributed by atoms with Crippen LogP contribution in [-0.2, 0) is 4.79 Å². The second kappa shape index (κ2) is 8.62. The number of nitrogens with one attached hydrogen (secondary N) is 2. The predicted molar refractivity (Wildman–Crippen MR) is 121 cm³/mol. The van der Waals surface area contributed by atoms with Gasteiger partial charge in [-0.2, -0.15) is 9.78 Å². The average molecular weight is 462 g/mol. The van der Waals surface area contributed by atoms with E-state index in [1.807, 2.05) is 6.07 Å². The Hall–Kier alpha value is -4.21. The van der Waals surface area contributed by atoms with Crippen molar-refractivity contribution in [3.8, 4) is 5.82 Å². The largest absolute Gasteiger partial charge is 0.343 e. The third-order valence-electron chi connectivity index (χ3n) is 5.55. The number of carbonyl (C=O) groups is 2. The summed E-state index contributed by atoms with van der Waals surface area (Å²) in [6, 6.07) is 10.2. The molecule has 2 N–H and O–H groups in total. The molecule has 3 heterocycles. The van der Waals surface area contributed by atoms with E-state index in [2.05, 4.69) is 20.7 Å². The van der Waals surface area contributed by atoms with E-state index in [1.54, 1.807) is 36.0 Å². The van der Waals surface area contributed by atoms with Gasteiger partial charge >= 0.3 is 0 Å². The van der Waals surface area contributed by atoms with Crippen LogP contribution >= 0.6 is 0 Å². The van der Waals surface area contributed by atoms with Gasteiger partial charge in [0.1, 0.15) is 0 Å². The fraction of sp³-hybridized carbons (Fsp3) is 0.208. The van der Waals surface area contributed by atoms with Gasteiger partial charge in [-0.1, -0.05) is 6.07 Å². The van der Waals surface area contributed by atoms with Gasteiger partial charge in [0, 0.05) is 29.6 Å². The van der Waals surface area contributed by atoms with E-state index >= 15 is 0 Å². The van der Waals surface area contributed by atoms with Gasteiger partial charge in [-0.05, 0) is 50.1 Å². The van der Waals surface area contributed by atoms with Crippen LogP contribution in [0.4, 0.5) is 14.5 Å². The Bertz CT molecular complexity index is 1420. The first kappa shape index (κ1) is 21.6. The van der Waals surface area contributed by atoms with E-state index in [4.69, 9.17) is 4.98 Å². The first-order valence-corrected chi connectivity index (χ1v) is 10.8. The van der Waals surface area contributed by atoms with Crippen molar-refractivity contribution in [2.75, 3.05) is 11.9 Å². The molecule has 1 aliphatic rings. The summed E-state index contributed by atoms with van der Waals surface area (Å²) in [5.74, 6) is -2.26. The molecule has 0 unspecified atom stereocenters. The number of halogens is 2. The summed E-state index contributed by atoms with van der Waals surface area (Å²) in [5.41, 5.74) is 2.38. The van der Waals surface area contributed by atoms with Crippen molar-refractivity contribution in [2.24, 2.45) is 0 Å². The van der Waals surface area contributed by atoms with Crippen LogP contribution in [0.2, 0.25) is 0 Å². The molecule has 3 aromatic heterocycles. The van der Waals surface area contributed by atoms with Crippen molar-refractivity contribution in [1.82, 2.24) is 25.1 Å². The van der Waals surface area contributed by atoms with Crippen molar-refractivity contribution in [3.63, 3.8) is 0 Å². The highest BCUT2D eigenvalue weighted by Crippen LogP contribution is 2.40. The maximum atomic E-state index is 13.4. The SMILES string of the molecule is Cc1nn(-c2ccccn2)c2nc(C3CC3)cc(C(=O)NCC(=O)Nc3ccc(F)c(F)c3)c12. The van der Waals surface area contributed by atoms with Gasteiger partial charge in [0.05, 0.1) is 23.2 Å². The zero-order chi connectivity index (χ0) is 23.8. The van der Waals surface area contributed by atoms with Gasteiger partial charge in [0.25, 0.3) is 5.91 Å². The Morgan fingerprint density at radius 2 is 1.94 bits per heavy atom. The first-order chi connectivity index (χ1) is 16.4. The number of hydrogen-bond acceptors (Lipinski definition) is 5. The lowest BCUT2D eigenvalue weighted by Gasteiger charge is -2.10. The highest BCUT2D eigenvalue weighted by atomic mass is 19.2. The maximum absolute atomic E-state index is 13.4. The summed E-state index contributed by atoms with van der Waals surface area (Å²) in [6.45, 7) is 1.43. The Labute approximate surface area is 193 Å². The zero-order valence-electron chi connectivity index (χ0n) is 18.2. The van der Waals surface area contributed by atoms with Crippen LogP contribution in [0.3, 0.4) is 0 Å². The quantitative estimate of drug-likeness (QED) is 0.456. The van der Waals surface area contributed by atoms with E-state index < -0.39 is 23.4 Å². The molecule has 0 spiro atoms. The van der Waals surface area contributed by atoms with Crippen LogP contribution < -0.4 is 10.6 Å².